The van der Waals surface area contributed by atoms with E-state index >= 15 is 0 Å². The predicted octanol–water partition coefficient (Wildman–Crippen LogP) is 4.23. The number of ether oxygens (including phenoxy) is 1. The summed E-state index contributed by atoms with van der Waals surface area (Å²) in [5, 5.41) is 4.38. The quantitative estimate of drug-likeness (QED) is 0.683. The van der Waals surface area contributed by atoms with Crippen LogP contribution in [-0.4, -0.2) is 49.7 Å². The average Bonchev–Trinajstić information content (AvgIpc) is 3.19. The van der Waals surface area contributed by atoms with Crippen LogP contribution in [-0.2, 0) is 5.54 Å². The highest BCUT2D eigenvalue weighted by atomic mass is 35.5. The number of rotatable bonds is 4. The van der Waals surface area contributed by atoms with Gasteiger partial charge in [-0.05, 0) is 36.4 Å². The van der Waals surface area contributed by atoms with Gasteiger partial charge in [-0.25, -0.2) is 0 Å². The van der Waals surface area contributed by atoms with E-state index in [1.54, 1.807) is 7.11 Å². The molecule has 1 aromatic heterocycles. The number of nitrogens with one attached hydrogen (secondary N) is 1. The molecule has 0 spiro atoms. The highest BCUT2D eigenvalue weighted by molar-refractivity contribution is 6.30. The van der Waals surface area contributed by atoms with Gasteiger partial charge in [-0.1, -0.05) is 29.8 Å². The molecule has 1 atom stereocenters. The zero-order valence-corrected chi connectivity index (χ0v) is 17.8. The van der Waals surface area contributed by atoms with Gasteiger partial charge in [0.15, 0.2) is 0 Å². The number of pyridine rings is 1. The van der Waals surface area contributed by atoms with Gasteiger partial charge >= 0.3 is 0 Å². The standard InChI is InChI=1S/C24H25ClN4O/c1-30-23-7-3-2-6-20(23)24(17-27-22-9-8-18(25)15-21(22)24)29-13-11-28(12-14-29)19-5-4-10-26-16-19/h2-10,15-16,27H,11-14,17H2,1H3. The summed E-state index contributed by atoms with van der Waals surface area (Å²) in [5.41, 5.74) is 4.38. The van der Waals surface area contributed by atoms with Gasteiger partial charge in [0.2, 0.25) is 0 Å². The molecule has 3 aromatic rings. The molecule has 0 saturated carbocycles. The third kappa shape index (κ3) is 3.09. The molecule has 1 fully saturated rings. The Labute approximate surface area is 182 Å². The Morgan fingerprint density at radius 2 is 1.83 bits per heavy atom. The van der Waals surface area contributed by atoms with Gasteiger partial charge in [0.25, 0.3) is 0 Å². The van der Waals surface area contributed by atoms with Crippen LogP contribution in [0.4, 0.5) is 11.4 Å². The first-order valence-electron chi connectivity index (χ1n) is 10.3. The van der Waals surface area contributed by atoms with Gasteiger partial charge in [0.1, 0.15) is 5.75 Å². The summed E-state index contributed by atoms with van der Waals surface area (Å²) in [6.45, 7) is 4.54. The second-order valence-corrected chi connectivity index (χ2v) is 8.23. The van der Waals surface area contributed by atoms with E-state index in [-0.39, 0.29) is 5.54 Å². The predicted molar refractivity (Wildman–Crippen MR) is 122 cm³/mol. The fraction of sp³-hybridized carbons (Fsp3) is 0.292. The smallest absolute Gasteiger partial charge is 0.124 e. The molecule has 2 aliphatic rings. The minimum absolute atomic E-state index is 0.326. The normalized spacial score (nSPS) is 21.2. The first-order chi connectivity index (χ1) is 14.7. The number of hydrogen-bond acceptors (Lipinski definition) is 5. The number of benzene rings is 2. The molecule has 1 N–H and O–H groups in total. The highest BCUT2D eigenvalue weighted by Crippen LogP contribution is 2.48. The van der Waals surface area contributed by atoms with E-state index in [2.05, 4.69) is 50.4 Å². The minimum Gasteiger partial charge on any atom is -0.496 e. The number of fused-ring (bicyclic) bond motifs is 1. The maximum absolute atomic E-state index is 6.46. The minimum atomic E-state index is -0.326. The van der Waals surface area contributed by atoms with Crippen LogP contribution >= 0.6 is 11.6 Å². The van der Waals surface area contributed by atoms with Gasteiger partial charge in [-0.2, -0.15) is 0 Å². The molecule has 0 aliphatic carbocycles. The van der Waals surface area contributed by atoms with E-state index in [0.717, 1.165) is 49.2 Å². The number of aromatic nitrogens is 1. The van der Waals surface area contributed by atoms with Crippen LogP contribution in [0.25, 0.3) is 0 Å². The molecule has 2 aromatic carbocycles. The van der Waals surface area contributed by atoms with Crippen molar-refractivity contribution in [3.63, 3.8) is 0 Å². The Morgan fingerprint density at radius 3 is 2.60 bits per heavy atom. The zero-order chi connectivity index (χ0) is 20.6. The van der Waals surface area contributed by atoms with Gasteiger partial charge in [-0.3, -0.25) is 9.88 Å². The molecular formula is C24H25ClN4O. The summed E-state index contributed by atoms with van der Waals surface area (Å²) >= 11 is 6.46. The van der Waals surface area contributed by atoms with Crippen molar-refractivity contribution in [2.24, 2.45) is 0 Å². The van der Waals surface area contributed by atoms with Gasteiger partial charge in [-0.15, -0.1) is 0 Å². The Kier molecular flexibility index (Phi) is 5.01. The van der Waals surface area contributed by atoms with E-state index < -0.39 is 0 Å². The molecule has 0 bridgehead atoms. The van der Waals surface area contributed by atoms with Crippen molar-refractivity contribution in [2.45, 2.75) is 5.54 Å². The number of piperazine rings is 1. The van der Waals surface area contributed by atoms with Crippen molar-refractivity contribution in [1.29, 1.82) is 0 Å². The molecule has 3 heterocycles. The van der Waals surface area contributed by atoms with Gasteiger partial charge in [0.05, 0.1) is 24.5 Å². The highest BCUT2D eigenvalue weighted by Gasteiger charge is 2.48. The van der Waals surface area contributed by atoms with E-state index in [1.165, 1.54) is 16.8 Å². The summed E-state index contributed by atoms with van der Waals surface area (Å²) in [6, 6.07) is 18.6. The lowest BCUT2D eigenvalue weighted by Crippen LogP contribution is -2.57. The molecule has 0 amide bonds. The Balaban J connectivity index is 1.56. The maximum Gasteiger partial charge on any atom is 0.124 e. The van der Waals surface area contributed by atoms with Gasteiger partial charge < -0.3 is 15.0 Å². The number of para-hydroxylation sites is 1. The first kappa shape index (κ1) is 19.2. The number of anilines is 2. The first-order valence-corrected chi connectivity index (χ1v) is 10.7. The zero-order valence-electron chi connectivity index (χ0n) is 17.0. The van der Waals surface area contributed by atoms with E-state index in [1.807, 2.05) is 36.7 Å². The molecule has 0 radical (unpaired) electrons. The largest absolute Gasteiger partial charge is 0.496 e. The van der Waals surface area contributed by atoms with Crippen LogP contribution in [0, 0.1) is 0 Å². The molecule has 2 aliphatic heterocycles. The SMILES string of the molecule is COc1ccccc1C1(N2CCN(c3cccnc3)CC2)CNc2ccc(Cl)cc21. The number of hydrogen-bond donors (Lipinski definition) is 1. The Hall–Kier alpha value is -2.76. The van der Waals surface area contributed by atoms with Crippen LogP contribution in [0.1, 0.15) is 11.1 Å². The molecule has 30 heavy (non-hydrogen) atoms. The number of nitrogens with zero attached hydrogens (tertiary/aromatic N) is 3. The molecular weight excluding hydrogens is 396 g/mol. The van der Waals surface area contributed by atoms with Crippen molar-refractivity contribution < 1.29 is 4.74 Å². The van der Waals surface area contributed by atoms with Crippen molar-refractivity contribution in [3.8, 4) is 5.75 Å². The van der Waals surface area contributed by atoms with Crippen molar-refractivity contribution in [3.05, 3.63) is 83.1 Å². The van der Waals surface area contributed by atoms with Crippen molar-refractivity contribution in [1.82, 2.24) is 9.88 Å². The van der Waals surface area contributed by atoms with Crippen LogP contribution in [0.5, 0.6) is 5.75 Å². The second-order valence-electron chi connectivity index (χ2n) is 7.79. The van der Waals surface area contributed by atoms with Crippen LogP contribution in [0.3, 0.4) is 0 Å². The van der Waals surface area contributed by atoms with Crippen LogP contribution in [0.2, 0.25) is 5.02 Å². The van der Waals surface area contributed by atoms with Crippen LogP contribution < -0.4 is 15.0 Å². The van der Waals surface area contributed by atoms with E-state index in [4.69, 9.17) is 16.3 Å². The third-order valence-electron chi connectivity index (χ3n) is 6.34. The van der Waals surface area contributed by atoms with Crippen molar-refractivity contribution >= 4 is 23.0 Å². The lowest BCUT2D eigenvalue weighted by Gasteiger charge is -2.47. The molecule has 5 rings (SSSR count). The lowest BCUT2D eigenvalue weighted by molar-refractivity contribution is 0.127. The monoisotopic (exact) mass is 420 g/mol. The fourth-order valence-corrected chi connectivity index (χ4v) is 5.07. The molecule has 6 heteroatoms. The van der Waals surface area contributed by atoms with Crippen molar-refractivity contribution in [2.75, 3.05) is 50.1 Å². The second kappa shape index (κ2) is 7.82. The summed E-state index contributed by atoms with van der Waals surface area (Å²) in [5.74, 6) is 0.904. The molecule has 1 unspecified atom stereocenters. The van der Waals surface area contributed by atoms with Crippen LogP contribution in [0.15, 0.2) is 67.0 Å². The number of methoxy groups -OCH3 is 1. The summed E-state index contributed by atoms with van der Waals surface area (Å²) < 4.78 is 5.80. The number of halogens is 1. The summed E-state index contributed by atoms with van der Waals surface area (Å²) in [7, 11) is 1.74. The molecule has 1 saturated heterocycles. The average molecular weight is 421 g/mol. The lowest BCUT2D eigenvalue weighted by atomic mass is 9.81. The van der Waals surface area contributed by atoms with E-state index in [9.17, 15) is 0 Å². The molecule has 5 nitrogen and oxygen atoms in total. The fourth-order valence-electron chi connectivity index (χ4n) is 4.90. The maximum atomic E-state index is 6.46. The topological polar surface area (TPSA) is 40.6 Å². The summed E-state index contributed by atoms with van der Waals surface area (Å²) in [4.78, 5) is 9.26. The Morgan fingerprint density at radius 1 is 1.00 bits per heavy atom. The Bertz CT molecular complexity index is 1040. The van der Waals surface area contributed by atoms with Gasteiger partial charge in [0, 0.05) is 60.8 Å². The summed E-state index contributed by atoms with van der Waals surface area (Å²) in [6.07, 6.45) is 3.76. The third-order valence-corrected chi connectivity index (χ3v) is 6.58. The molecule has 154 valence electrons. The van der Waals surface area contributed by atoms with E-state index in [0.29, 0.717) is 0 Å².